The Balaban J connectivity index is 1.88. The largest absolute Gasteiger partial charge is 0.494 e. The maximum atomic E-state index is 14.0. The zero-order valence-electron chi connectivity index (χ0n) is 16.7. The van der Waals surface area contributed by atoms with Crippen LogP contribution in [0.1, 0.15) is 38.8 Å². The first kappa shape index (κ1) is 21.5. The summed E-state index contributed by atoms with van der Waals surface area (Å²) in [4.78, 5) is 23.7. The molecule has 0 aromatic heterocycles. The van der Waals surface area contributed by atoms with Crippen molar-refractivity contribution >= 4 is 23.8 Å². The Labute approximate surface area is 179 Å². The Morgan fingerprint density at radius 1 is 1.10 bits per heavy atom. The Hall–Kier alpha value is -3.18. The summed E-state index contributed by atoms with van der Waals surface area (Å²) in [6.45, 7) is 4.36. The van der Waals surface area contributed by atoms with Gasteiger partial charge in [-0.25, -0.2) is 4.39 Å². The topological polar surface area (TPSA) is 55.4 Å². The standard InChI is InChI=1S/C24H21ClFNO3/c1-3-30-23-9-6-17(16-5-4-15(2)19(11-16)14-28)10-18(23)13-27-24(29)21-8-7-20(25)12-22(21)26/h4-12,14H,3,13H2,1-2H3,(H,27,29). The SMILES string of the molecule is CCOc1ccc(-c2ccc(C)c(C=O)c2)cc1CNC(=O)c1ccc(Cl)cc1F. The number of ether oxygens (including phenoxy) is 1. The minimum Gasteiger partial charge on any atom is -0.494 e. The molecule has 3 aromatic rings. The zero-order chi connectivity index (χ0) is 21.7. The van der Waals surface area contributed by atoms with E-state index < -0.39 is 11.7 Å². The summed E-state index contributed by atoms with van der Waals surface area (Å²) in [6, 6.07) is 15.2. The first-order valence-electron chi connectivity index (χ1n) is 9.48. The van der Waals surface area contributed by atoms with Crippen LogP contribution in [0.4, 0.5) is 4.39 Å². The van der Waals surface area contributed by atoms with E-state index in [2.05, 4.69) is 5.32 Å². The molecule has 3 rings (SSSR count). The molecular weight excluding hydrogens is 405 g/mol. The molecule has 154 valence electrons. The van der Waals surface area contributed by atoms with Gasteiger partial charge in [-0.1, -0.05) is 29.8 Å². The lowest BCUT2D eigenvalue weighted by Gasteiger charge is -2.14. The van der Waals surface area contributed by atoms with Crippen molar-refractivity contribution in [2.24, 2.45) is 0 Å². The second-order valence-corrected chi connectivity index (χ2v) is 7.19. The Bertz CT molecular complexity index is 1100. The first-order chi connectivity index (χ1) is 14.4. The zero-order valence-corrected chi connectivity index (χ0v) is 17.4. The number of nitrogens with one attached hydrogen (secondary N) is 1. The van der Waals surface area contributed by atoms with Crippen molar-refractivity contribution in [2.45, 2.75) is 20.4 Å². The fourth-order valence-electron chi connectivity index (χ4n) is 3.08. The van der Waals surface area contributed by atoms with E-state index in [0.29, 0.717) is 17.9 Å². The van der Waals surface area contributed by atoms with Crippen LogP contribution in [0, 0.1) is 12.7 Å². The van der Waals surface area contributed by atoms with E-state index in [1.807, 2.05) is 50.2 Å². The number of amides is 1. The minimum absolute atomic E-state index is 0.0809. The van der Waals surface area contributed by atoms with Crippen LogP contribution in [0.15, 0.2) is 54.6 Å². The molecule has 0 unspecified atom stereocenters. The van der Waals surface area contributed by atoms with Crippen LogP contribution in [-0.2, 0) is 6.54 Å². The molecule has 1 amide bonds. The van der Waals surface area contributed by atoms with Gasteiger partial charge >= 0.3 is 0 Å². The molecule has 0 aliphatic heterocycles. The van der Waals surface area contributed by atoms with Gasteiger partial charge in [-0.3, -0.25) is 9.59 Å². The molecule has 0 bridgehead atoms. The summed E-state index contributed by atoms with van der Waals surface area (Å²) in [6.07, 6.45) is 0.829. The van der Waals surface area contributed by atoms with Crippen molar-refractivity contribution in [2.75, 3.05) is 6.61 Å². The highest BCUT2D eigenvalue weighted by Crippen LogP contribution is 2.28. The molecule has 0 spiro atoms. The number of hydrogen-bond acceptors (Lipinski definition) is 3. The van der Waals surface area contributed by atoms with E-state index in [-0.39, 0.29) is 17.1 Å². The number of carbonyl (C=O) groups excluding carboxylic acids is 2. The van der Waals surface area contributed by atoms with Gasteiger partial charge < -0.3 is 10.1 Å². The van der Waals surface area contributed by atoms with Crippen molar-refractivity contribution in [3.8, 4) is 16.9 Å². The summed E-state index contributed by atoms with van der Waals surface area (Å²) in [5, 5.41) is 2.95. The number of carbonyl (C=O) groups is 2. The third-order valence-electron chi connectivity index (χ3n) is 4.72. The number of aryl methyl sites for hydroxylation is 1. The van der Waals surface area contributed by atoms with Crippen LogP contribution < -0.4 is 10.1 Å². The van der Waals surface area contributed by atoms with Crippen LogP contribution in [-0.4, -0.2) is 18.8 Å². The smallest absolute Gasteiger partial charge is 0.254 e. The number of rotatable bonds is 7. The Morgan fingerprint density at radius 2 is 1.83 bits per heavy atom. The van der Waals surface area contributed by atoms with Gasteiger partial charge in [0.15, 0.2) is 0 Å². The molecule has 4 nitrogen and oxygen atoms in total. The molecule has 1 N–H and O–H groups in total. The van der Waals surface area contributed by atoms with E-state index in [0.717, 1.165) is 34.6 Å². The minimum atomic E-state index is -0.681. The van der Waals surface area contributed by atoms with Gasteiger partial charge in [0.1, 0.15) is 17.9 Å². The van der Waals surface area contributed by atoms with Crippen molar-refractivity contribution in [3.05, 3.63) is 87.7 Å². The van der Waals surface area contributed by atoms with Crippen molar-refractivity contribution in [3.63, 3.8) is 0 Å². The summed E-state index contributed by atoms with van der Waals surface area (Å²) < 4.78 is 19.7. The van der Waals surface area contributed by atoms with Gasteiger partial charge in [0.25, 0.3) is 5.91 Å². The number of halogens is 2. The quantitative estimate of drug-likeness (QED) is 0.501. The molecule has 30 heavy (non-hydrogen) atoms. The highest BCUT2D eigenvalue weighted by Gasteiger charge is 2.14. The Kier molecular flexibility index (Phi) is 6.85. The number of benzene rings is 3. The molecule has 0 saturated carbocycles. The molecule has 0 aliphatic rings. The maximum Gasteiger partial charge on any atom is 0.254 e. The predicted molar refractivity (Wildman–Crippen MR) is 116 cm³/mol. The highest BCUT2D eigenvalue weighted by molar-refractivity contribution is 6.30. The van der Waals surface area contributed by atoms with E-state index in [1.165, 1.54) is 12.1 Å². The summed E-state index contributed by atoms with van der Waals surface area (Å²) >= 11 is 5.75. The van der Waals surface area contributed by atoms with E-state index >= 15 is 0 Å². The second-order valence-electron chi connectivity index (χ2n) is 6.75. The van der Waals surface area contributed by atoms with Gasteiger partial charge in [0.05, 0.1) is 12.2 Å². The van der Waals surface area contributed by atoms with Crippen LogP contribution in [0.3, 0.4) is 0 Å². The van der Waals surface area contributed by atoms with E-state index in [9.17, 15) is 14.0 Å². The molecule has 0 saturated heterocycles. The normalized spacial score (nSPS) is 10.5. The average Bonchev–Trinajstić information content (AvgIpc) is 2.73. The molecule has 0 fully saturated rings. The lowest BCUT2D eigenvalue weighted by molar-refractivity contribution is 0.0946. The first-order valence-corrected chi connectivity index (χ1v) is 9.86. The van der Waals surface area contributed by atoms with Crippen molar-refractivity contribution in [1.82, 2.24) is 5.32 Å². The van der Waals surface area contributed by atoms with Crippen LogP contribution in [0.5, 0.6) is 5.75 Å². The van der Waals surface area contributed by atoms with Crippen molar-refractivity contribution in [1.29, 1.82) is 0 Å². The van der Waals surface area contributed by atoms with Gasteiger partial charge in [-0.15, -0.1) is 0 Å². The lowest BCUT2D eigenvalue weighted by atomic mass is 9.98. The van der Waals surface area contributed by atoms with Crippen LogP contribution >= 0.6 is 11.6 Å². The van der Waals surface area contributed by atoms with Gasteiger partial charge in [-0.05, 0) is 66.9 Å². The number of aldehydes is 1. The highest BCUT2D eigenvalue weighted by atomic mass is 35.5. The molecule has 0 atom stereocenters. The van der Waals surface area contributed by atoms with E-state index in [1.54, 1.807) is 0 Å². The average molecular weight is 426 g/mol. The van der Waals surface area contributed by atoms with Crippen LogP contribution in [0.25, 0.3) is 11.1 Å². The molecular formula is C24H21ClFNO3. The molecule has 0 heterocycles. The predicted octanol–water partition coefficient (Wildman–Crippen LogP) is 5.60. The molecule has 0 aliphatic carbocycles. The fourth-order valence-corrected chi connectivity index (χ4v) is 3.24. The van der Waals surface area contributed by atoms with Gasteiger partial charge in [0.2, 0.25) is 0 Å². The lowest BCUT2D eigenvalue weighted by Crippen LogP contribution is -2.24. The monoisotopic (exact) mass is 425 g/mol. The summed E-state index contributed by atoms with van der Waals surface area (Å²) in [7, 11) is 0. The maximum absolute atomic E-state index is 14.0. The third kappa shape index (κ3) is 4.86. The van der Waals surface area contributed by atoms with Crippen LogP contribution in [0.2, 0.25) is 5.02 Å². The van der Waals surface area contributed by atoms with Gasteiger partial charge in [0, 0.05) is 22.7 Å². The fraction of sp³-hybridized carbons (Fsp3) is 0.167. The van der Waals surface area contributed by atoms with E-state index in [4.69, 9.17) is 16.3 Å². The second kappa shape index (κ2) is 9.55. The summed E-state index contributed by atoms with van der Waals surface area (Å²) in [5.41, 5.74) is 3.94. The third-order valence-corrected chi connectivity index (χ3v) is 4.95. The molecule has 6 heteroatoms. The molecule has 3 aromatic carbocycles. The van der Waals surface area contributed by atoms with Crippen molar-refractivity contribution < 1.29 is 18.7 Å². The Morgan fingerprint density at radius 3 is 2.53 bits per heavy atom. The number of hydrogen-bond donors (Lipinski definition) is 1. The molecule has 0 radical (unpaired) electrons. The van der Waals surface area contributed by atoms with Gasteiger partial charge in [-0.2, -0.15) is 0 Å². The summed E-state index contributed by atoms with van der Waals surface area (Å²) in [5.74, 6) is -0.601.